The second-order valence-electron chi connectivity index (χ2n) is 4.54. The normalized spacial score (nSPS) is 16.7. The molecule has 1 amide bonds. The lowest BCUT2D eigenvalue weighted by molar-refractivity contribution is -0.105. The highest BCUT2D eigenvalue weighted by Gasteiger charge is 2.20. The van der Waals surface area contributed by atoms with Crippen LogP contribution in [0.2, 0.25) is 5.02 Å². The van der Waals surface area contributed by atoms with Crippen molar-refractivity contribution in [2.24, 2.45) is 5.92 Å². The van der Waals surface area contributed by atoms with E-state index in [1.807, 2.05) is 12.1 Å². The van der Waals surface area contributed by atoms with Crippen LogP contribution < -0.4 is 10.2 Å². The summed E-state index contributed by atoms with van der Waals surface area (Å²) in [4.78, 5) is 12.8. The third-order valence-electron chi connectivity index (χ3n) is 3.39. The van der Waals surface area contributed by atoms with Crippen molar-refractivity contribution in [3.8, 4) is 0 Å². The van der Waals surface area contributed by atoms with Gasteiger partial charge in [0.15, 0.2) is 0 Å². The van der Waals surface area contributed by atoms with E-state index in [1.54, 1.807) is 6.07 Å². The SMILES string of the molecule is O=CNc1cc(Cl)ccc1N1CCC(CO)CC1. The summed E-state index contributed by atoms with van der Waals surface area (Å²) in [6, 6.07) is 5.50. The van der Waals surface area contributed by atoms with E-state index in [0.29, 0.717) is 17.4 Å². The summed E-state index contributed by atoms with van der Waals surface area (Å²) >= 11 is 5.93. The van der Waals surface area contributed by atoms with Crippen LogP contribution in [0.5, 0.6) is 0 Å². The third-order valence-corrected chi connectivity index (χ3v) is 3.62. The molecule has 1 aromatic rings. The maximum Gasteiger partial charge on any atom is 0.211 e. The van der Waals surface area contributed by atoms with Crippen LogP contribution in [-0.2, 0) is 4.79 Å². The molecule has 18 heavy (non-hydrogen) atoms. The summed E-state index contributed by atoms with van der Waals surface area (Å²) in [5, 5.41) is 12.4. The predicted octanol–water partition coefficient (Wildman–Crippen LogP) is 2.12. The molecule has 1 saturated heterocycles. The van der Waals surface area contributed by atoms with E-state index in [4.69, 9.17) is 16.7 Å². The molecule has 5 heteroatoms. The number of amides is 1. The molecule has 0 aromatic heterocycles. The number of benzene rings is 1. The largest absolute Gasteiger partial charge is 0.396 e. The molecule has 1 aliphatic rings. The van der Waals surface area contributed by atoms with Gasteiger partial charge in [0.25, 0.3) is 0 Å². The van der Waals surface area contributed by atoms with Crippen LogP contribution in [0.3, 0.4) is 0 Å². The van der Waals surface area contributed by atoms with Crippen molar-refractivity contribution in [1.82, 2.24) is 0 Å². The van der Waals surface area contributed by atoms with Gasteiger partial charge in [-0.05, 0) is 37.0 Å². The average Bonchev–Trinajstić information content (AvgIpc) is 2.40. The van der Waals surface area contributed by atoms with Gasteiger partial charge in [-0.1, -0.05) is 11.6 Å². The molecule has 0 unspecified atom stereocenters. The molecule has 0 bridgehead atoms. The van der Waals surface area contributed by atoms with Crippen LogP contribution in [0.1, 0.15) is 12.8 Å². The first-order valence-corrected chi connectivity index (χ1v) is 6.48. The quantitative estimate of drug-likeness (QED) is 0.823. The van der Waals surface area contributed by atoms with Crippen LogP contribution in [0.4, 0.5) is 11.4 Å². The lowest BCUT2D eigenvalue weighted by Gasteiger charge is -2.34. The fourth-order valence-corrected chi connectivity index (χ4v) is 2.49. The molecule has 0 aliphatic carbocycles. The van der Waals surface area contributed by atoms with Gasteiger partial charge in [0, 0.05) is 24.7 Å². The zero-order chi connectivity index (χ0) is 13.0. The Labute approximate surface area is 112 Å². The van der Waals surface area contributed by atoms with Gasteiger partial charge in [0.2, 0.25) is 6.41 Å². The lowest BCUT2D eigenvalue weighted by atomic mass is 9.97. The van der Waals surface area contributed by atoms with Gasteiger partial charge < -0.3 is 15.3 Å². The Balaban J connectivity index is 2.15. The minimum Gasteiger partial charge on any atom is -0.396 e. The smallest absolute Gasteiger partial charge is 0.211 e. The molecule has 98 valence electrons. The molecule has 0 saturated carbocycles. The summed E-state index contributed by atoms with van der Waals surface area (Å²) in [5.74, 6) is 0.399. The first kappa shape index (κ1) is 13.2. The van der Waals surface area contributed by atoms with Crippen LogP contribution in [0, 0.1) is 5.92 Å². The summed E-state index contributed by atoms with van der Waals surface area (Å²) in [6.45, 7) is 2.04. The topological polar surface area (TPSA) is 52.6 Å². The molecule has 2 N–H and O–H groups in total. The number of carbonyl (C=O) groups excluding carboxylic acids is 1. The Morgan fingerprint density at radius 2 is 2.17 bits per heavy atom. The Morgan fingerprint density at radius 3 is 2.78 bits per heavy atom. The third kappa shape index (κ3) is 2.94. The van der Waals surface area contributed by atoms with Crippen molar-refractivity contribution >= 4 is 29.4 Å². The van der Waals surface area contributed by atoms with Gasteiger partial charge in [0.05, 0.1) is 11.4 Å². The minimum atomic E-state index is 0.258. The Kier molecular flexibility index (Phi) is 4.44. The highest BCUT2D eigenvalue weighted by atomic mass is 35.5. The standard InChI is InChI=1S/C13H17ClN2O2/c14-11-1-2-13(12(7-11)15-9-18)16-5-3-10(8-17)4-6-16/h1-2,7,9-10,17H,3-6,8H2,(H,15,18). The zero-order valence-electron chi connectivity index (χ0n) is 10.1. The van der Waals surface area contributed by atoms with Gasteiger partial charge in [-0.2, -0.15) is 0 Å². The second kappa shape index (κ2) is 6.07. The predicted molar refractivity (Wildman–Crippen MR) is 73.2 cm³/mol. The highest BCUT2D eigenvalue weighted by molar-refractivity contribution is 6.31. The number of piperidine rings is 1. The van der Waals surface area contributed by atoms with Gasteiger partial charge in [-0.15, -0.1) is 0 Å². The number of hydrogen-bond acceptors (Lipinski definition) is 3. The van der Waals surface area contributed by atoms with Crippen molar-refractivity contribution in [1.29, 1.82) is 0 Å². The summed E-state index contributed by atoms with van der Waals surface area (Å²) in [5.41, 5.74) is 1.72. The van der Waals surface area contributed by atoms with E-state index >= 15 is 0 Å². The zero-order valence-corrected chi connectivity index (χ0v) is 10.9. The maximum absolute atomic E-state index is 10.6. The van der Waals surface area contributed by atoms with Gasteiger partial charge in [-0.3, -0.25) is 4.79 Å². The second-order valence-corrected chi connectivity index (χ2v) is 4.97. The summed E-state index contributed by atoms with van der Waals surface area (Å²) < 4.78 is 0. The Hall–Kier alpha value is -1.26. The number of anilines is 2. The fraction of sp³-hybridized carbons (Fsp3) is 0.462. The Morgan fingerprint density at radius 1 is 1.44 bits per heavy atom. The van der Waals surface area contributed by atoms with Crippen molar-refractivity contribution in [2.45, 2.75) is 12.8 Å². The molecular formula is C13H17ClN2O2. The van der Waals surface area contributed by atoms with E-state index in [1.165, 1.54) is 0 Å². The van der Waals surface area contributed by atoms with Crippen molar-refractivity contribution in [3.05, 3.63) is 23.2 Å². The maximum atomic E-state index is 10.6. The van der Waals surface area contributed by atoms with Crippen LogP contribution >= 0.6 is 11.6 Å². The molecule has 0 atom stereocenters. The number of hydrogen-bond donors (Lipinski definition) is 2. The first-order valence-electron chi connectivity index (χ1n) is 6.10. The number of aliphatic hydroxyl groups excluding tert-OH is 1. The van der Waals surface area contributed by atoms with E-state index < -0.39 is 0 Å². The number of carbonyl (C=O) groups is 1. The molecular weight excluding hydrogens is 252 g/mol. The van der Waals surface area contributed by atoms with Crippen LogP contribution in [-0.4, -0.2) is 31.2 Å². The molecule has 2 rings (SSSR count). The molecule has 4 nitrogen and oxygen atoms in total. The van der Waals surface area contributed by atoms with Crippen LogP contribution in [0.15, 0.2) is 18.2 Å². The minimum absolute atomic E-state index is 0.258. The average molecular weight is 269 g/mol. The molecule has 0 radical (unpaired) electrons. The van der Waals surface area contributed by atoms with Crippen molar-refractivity contribution < 1.29 is 9.90 Å². The number of nitrogens with zero attached hydrogens (tertiary/aromatic N) is 1. The van der Waals surface area contributed by atoms with E-state index in [9.17, 15) is 4.79 Å². The molecule has 0 spiro atoms. The number of nitrogens with one attached hydrogen (secondary N) is 1. The van der Waals surface area contributed by atoms with Gasteiger partial charge >= 0.3 is 0 Å². The highest BCUT2D eigenvalue weighted by Crippen LogP contribution is 2.31. The summed E-state index contributed by atoms with van der Waals surface area (Å²) in [6.07, 6.45) is 2.61. The number of halogens is 1. The summed E-state index contributed by atoms with van der Waals surface area (Å²) in [7, 11) is 0. The van der Waals surface area contributed by atoms with Crippen molar-refractivity contribution in [3.63, 3.8) is 0 Å². The van der Waals surface area contributed by atoms with Crippen LogP contribution in [0.25, 0.3) is 0 Å². The lowest BCUT2D eigenvalue weighted by Crippen LogP contribution is -2.35. The number of rotatable bonds is 4. The first-order chi connectivity index (χ1) is 8.74. The van der Waals surface area contributed by atoms with E-state index in [0.717, 1.165) is 37.3 Å². The fourth-order valence-electron chi connectivity index (χ4n) is 2.32. The monoisotopic (exact) mass is 268 g/mol. The van der Waals surface area contributed by atoms with E-state index in [2.05, 4.69) is 10.2 Å². The Bertz CT molecular complexity index is 417. The molecule has 1 fully saturated rings. The van der Waals surface area contributed by atoms with Gasteiger partial charge in [0.1, 0.15) is 0 Å². The van der Waals surface area contributed by atoms with Gasteiger partial charge in [-0.25, -0.2) is 0 Å². The molecule has 1 aromatic carbocycles. The molecule has 1 aliphatic heterocycles. The van der Waals surface area contributed by atoms with E-state index in [-0.39, 0.29) is 6.61 Å². The molecule has 1 heterocycles. The van der Waals surface area contributed by atoms with Crippen molar-refractivity contribution in [2.75, 3.05) is 29.9 Å². The number of aliphatic hydroxyl groups is 1.